The molecule has 1 aliphatic rings. The Hall–Kier alpha value is -2.74. The maximum atomic E-state index is 12.4. The van der Waals surface area contributed by atoms with Gasteiger partial charge in [-0.25, -0.2) is 14.6 Å². The molecular formula is C17H18N6OS. The predicted molar refractivity (Wildman–Crippen MR) is 96.3 cm³/mol. The molecule has 0 saturated carbocycles. The Kier molecular flexibility index (Phi) is 4.19. The summed E-state index contributed by atoms with van der Waals surface area (Å²) in [6, 6.07) is 5.69. The molecule has 0 N–H and O–H groups in total. The molecule has 0 atom stereocenters. The molecule has 0 radical (unpaired) electrons. The molecule has 0 bridgehead atoms. The number of thiophene rings is 1. The standard InChI is InChI=1S/C17H18N6OS/c1-13-19-15(11-16(20-13)23-5-2-4-18-23)21-6-8-22(9-7-21)17(24)14-3-10-25-12-14/h2-5,10-12H,6-9H2,1H3. The Morgan fingerprint density at radius 2 is 1.96 bits per heavy atom. The van der Waals surface area contributed by atoms with Gasteiger partial charge in [-0.1, -0.05) is 0 Å². The van der Waals surface area contributed by atoms with Crippen LogP contribution in [0.3, 0.4) is 0 Å². The summed E-state index contributed by atoms with van der Waals surface area (Å²) in [5.41, 5.74) is 0.775. The molecule has 4 heterocycles. The van der Waals surface area contributed by atoms with E-state index in [0.717, 1.165) is 30.3 Å². The number of amides is 1. The number of nitrogens with zero attached hydrogens (tertiary/aromatic N) is 6. The van der Waals surface area contributed by atoms with E-state index < -0.39 is 0 Å². The molecular weight excluding hydrogens is 336 g/mol. The Morgan fingerprint density at radius 3 is 2.64 bits per heavy atom. The molecule has 25 heavy (non-hydrogen) atoms. The van der Waals surface area contributed by atoms with Gasteiger partial charge in [0.25, 0.3) is 5.91 Å². The van der Waals surface area contributed by atoms with E-state index in [1.54, 1.807) is 22.2 Å². The Labute approximate surface area is 149 Å². The molecule has 128 valence electrons. The van der Waals surface area contributed by atoms with E-state index in [1.165, 1.54) is 0 Å². The summed E-state index contributed by atoms with van der Waals surface area (Å²) in [6.07, 6.45) is 3.59. The van der Waals surface area contributed by atoms with Crippen LogP contribution in [-0.2, 0) is 0 Å². The molecule has 7 nitrogen and oxygen atoms in total. The molecule has 0 aliphatic carbocycles. The van der Waals surface area contributed by atoms with Crippen molar-refractivity contribution in [1.82, 2.24) is 24.6 Å². The maximum absolute atomic E-state index is 12.4. The van der Waals surface area contributed by atoms with Crippen LogP contribution in [0.2, 0.25) is 0 Å². The SMILES string of the molecule is Cc1nc(N2CCN(C(=O)c3ccsc3)CC2)cc(-n2cccn2)n1. The van der Waals surface area contributed by atoms with Crippen LogP contribution in [0.15, 0.2) is 41.4 Å². The summed E-state index contributed by atoms with van der Waals surface area (Å²) in [4.78, 5) is 25.5. The summed E-state index contributed by atoms with van der Waals surface area (Å²) in [5.74, 6) is 2.45. The van der Waals surface area contributed by atoms with Crippen molar-refractivity contribution in [2.24, 2.45) is 0 Å². The zero-order valence-corrected chi connectivity index (χ0v) is 14.7. The number of anilines is 1. The summed E-state index contributed by atoms with van der Waals surface area (Å²) in [7, 11) is 0. The van der Waals surface area contributed by atoms with Crippen molar-refractivity contribution in [2.45, 2.75) is 6.92 Å². The zero-order valence-electron chi connectivity index (χ0n) is 13.9. The van der Waals surface area contributed by atoms with Crippen molar-refractivity contribution in [3.63, 3.8) is 0 Å². The number of piperazine rings is 1. The van der Waals surface area contributed by atoms with Gasteiger partial charge >= 0.3 is 0 Å². The lowest BCUT2D eigenvalue weighted by molar-refractivity contribution is 0.0747. The maximum Gasteiger partial charge on any atom is 0.254 e. The fraction of sp³-hybridized carbons (Fsp3) is 0.294. The average Bonchev–Trinajstić information content (AvgIpc) is 3.34. The molecule has 0 unspecified atom stereocenters. The van der Waals surface area contributed by atoms with Crippen LogP contribution < -0.4 is 4.90 Å². The zero-order chi connectivity index (χ0) is 17.2. The van der Waals surface area contributed by atoms with Gasteiger partial charge in [0.2, 0.25) is 0 Å². The lowest BCUT2D eigenvalue weighted by Gasteiger charge is -2.35. The number of carbonyl (C=O) groups excluding carboxylic acids is 1. The average molecular weight is 354 g/mol. The predicted octanol–water partition coefficient (Wildman–Crippen LogP) is 1.99. The highest BCUT2D eigenvalue weighted by Gasteiger charge is 2.23. The van der Waals surface area contributed by atoms with Crippen LogP contribution in [0.1, 0.15) is 16.2 Å². The molecule has 8 heteroatoms. The molecule has 0 aromatic carbocycles. The van der Waals surface area contributed by atoms with E-state index in [0.29, 0.717) is 18.9 Å². The van der Waals surface area contributed by atoms with Crippen LogP contribution >= 0.6 is 11.3 Å². The Balaban J connectivity index is 1.48. The minimum atomic E-state index is 0.108. The van der Waals surface area contributed by atoms with Crippen molar-refractivity contribution in [2.75, 3.05) is 31.1 Å². The van der Waals surface area contributed by atoms with Gasteiger partial charge in [-0.3, -0.25) is 4.79 Å². The fourth-order valence-electron chi connectivity index (χ4n) is 2.93. The molecule has 0 spiro atoms. The third-order valence-electron chi connectivity index (χ3n) is 4.21. The van der Waals surface area contributed by atoms with E-state index in [9.17, 15) is 4.79 Å². The first-order valence-electron chi connectivity index (χ1n) is 8.13. The van der Waals surface area contributed by atoms with Gasteiger partial charge in [0.05, 0.1) is 5.56 Å². The van der Waals surface area contributed by atoms with Gasteiger partial charge in [0.15, 0.2) is 5.82 Å². The van der Waals surface area contributed by atoms with E-state index >= 15 is 0 Å². The highest BCUT2D eigenvalue weighted by atomic mass is 32.1. The van der Waals surface area contributed by atoms with Gasteiger partial charge in [-0.15, -0.1) is 0 Å². The van der Waals surface area contributed by atoms with Crippen molar-refractivity contribution < 1.29 is 4.79 Å². The number of carbonyl (C=O) groups is 1. The van der Waals surface area contributed by atoms with Gasteiger partial charge in [0.1, 0.15) is 11.6 Å². The second kappa shape index (κ2) is 6.64. The lowest BCUT2D eigenvalue weighted by atomic mass is 10.2. The van der Waals surface area contributed by atoms with Crippen molar-refractivity contribution >= 4 is 23.1 Å². The molecule has 1 saturated heterocycles. The summed E-state index contributed by atoms with van der Waals surface area (Å²) in [6.45, 7) is 4.77. The molecule has 3 aromatic heterocycles. The second-order valence-corrected chi connectivity index (χ2v) is 6.65. The molecule has 3 aromatic rings. The van der Waals surface area contributed by atoms with Crippen molar-refractivity contribution in [1.29, 1.82) is 0 Å². The molecule has 4 rings (SSSR count). The summed E-state index contributed by atoms with van der Waals surface area (Å²) < 4.78 is 1.73. The Morgan fingerprint density at radius 1 is 1.16 bits per heavy atom. The minimum absolute atomic E-state index is 0.108. The van der Waals surface area contributed by atoms with E-state index in [2.05, 4.69) is 20.0 Å². The third kappa shape index (κ3) is 3.25. The number of aryl methyl sites for hydroxylation is 1. The van der Waals surface area contributed by atoms with Crippen LogP contribution in [0.5, 0.6) is 0 Å². The summed E-state index contributed by atoms with van der Waals surface area (Å²) in [5, 5.41) is 8.07. The van der Waals surface area contributed by atoms with Gasteiger partial charge in [0, 0.05) is 50.0 Å². The number of aromatic nitrogens is 4. The molecule has 1 fully saturated rings. The van der Waals surface area contributed by atoms with Crippen LogP contribution in [0.25, 0.3) is 5.82 Å². The largest absolute Gasteiger partial charge is 0.353 e. The third-order valence-corrected chi connectivity index (χ3v) is 4.89. The van der Waals surface area contributed by atoms with Crippen LogP contribution in [-0.4, -0.2) is 56.7 Å². The highest BCUT2D eigenvalue weighted by molar-refractivity contribution is 7.08. The first kappa shape index (κ1) is 15.8. The van der Waals surface area contributed by atoms with Crippen molar-refractivity contribution in [3.05, 3.63) is 52.7 Å². The first-order chi connectivity index (χ1) is 12.2. The normalized spacial score (nSPS) is 14.8. The fourth-order valence-corrected chi connectivity index (χ4v) is 3.56. The lowest BCUT2D eigenvalue weighted by Crippen LogP contribution is -2.49. The minimum Gasteiger partial charge on any atom is -0.353 e. The molecule has 1 amide bonds. The Bertz CT molecular complexity index is 853. The molecule has 1 aliphatic heterocycles. The first-order valence-corrected chi connectivity index (χ1v) is 9.07. The highest BCUT2D eigenvalue weighted by Crippen LogP contribution is 2.18. The number of hydrogen-bond donors (Lipinski definition) is 0. The van der Waals surface area contributed by atoms with E-state index in [1.807, 2.05) is 47.0 Å². The number of rotatable bonds is 3. The number of hydrogen-bond acceptors (Lipinski definition) is 6. The van der Waals surface area contributed by atoms with Crippen LogP contribution in [0, 0.1) is 6.92 Å². The summed E-state index contributed by atoms with van der Waals surface area (Å²) >= 11 is 1.55. The van der Waals surface area contributed by atoms with Crippen molar-refractivity contribution in [3.8, 4) is 5.82 Å². The van der Waals surface area contributed by atoms with Gasteiger partial charge in [-0.2, -0.15) is 16.4 Å². The van der Waals surface area contributed by atoms with E-state index in [-0.39, 0.29) is 5.91 Å². The monoisotopic (exact) mass is 354 g/mol. The van der Waals surface area contributed by atoms with Crippen LogP contribution in [0.4, 0.5) is 5.82 Å². The smallest absolute Gasteiger partial charge is 0.254 e. The van der Waals surface area contributed by atoms with Gasteiger partial charge < -0.3 is 9.80 Å². The van der Waals surface area contributed by atoms with E-state index in [4.69, 9.17) is 0 Å². The topological polar surface area (TPSA) is 67.2 Å². The quantitative estimate of drug-likeness (QED) is 0.720. The second-order valence-electron chi connectivity index (χ2n) is 5.87. The van der Waals surface area contributed by atoms with Gasteiger partial charge in [-0.05, 0) is 24.4 Å².